The second kappa shape index (κ2) is 8.83. The Kier molecular flexibility index (Phi) is 7.45. The van der Waals surface area contributed by atoms with Crippen LogP contribution in [0.5, 0.6) is 0 Å². The van der Waals surface area contributed by atoms with Crippen LogP contribution >= 0.6 is 0 Å². The van der Waals surface area contributed by atoms with Crippen molar-refractivity contribution in [3.05, 3.63) is 24.0 Å². The van der Waals surface area contributed by atoms with Gasteiger partial charge in [-0.05, 0) is 45.7 Å². The van der Waals surface area contributed by atoms with Gasteiger partial charge in [0.25, 0.3) is 0 Å². The smallest absolute Gasteiger partial charge is 0.410 e. The SMILES string of the molecule is CCCn1ccc(CNCCN(CC)C(=O)OC(C)(C)C)c1. The highest BCUT2D eigenvalue weighted by Gasteiger charge is 2.20. The molecule has 0 unspecified atom stereocenters. The van der Waals surface area contributed by atoms with Gasteiger partial charge in [0, 0.05) is 45.1 Å². The van der Waals surface area contributed by atoms with Crippen LogP contribution in [0.2, 0.25) is 0 Å². The number of amides is 1. The lowest BCUT2D eigenvalue weighted by atomic mass is 10.2. The molecular weight excluding hydrogens is 278 g/mol. The normalized spacial score (nSPS) is 11.5. The number of likely N-dealkylation sites (N-methyl/N-ethyl adjacent to an activating group) is 1. The van der Waals surface area contributed by atoms with E-state index in [2.05, 4.69) is 35.3 Å². The van der Waals surface area contributed by atoms with Gasteiger partial charge in [0.15, 0.2) is 0 Å². The molecule has 22 heavy (non-hydrogen) atoms. The lowest BCUT2D eigenvalue weighted by Gasteiger charge is -2.26. The molecule has 126 valence electrons. The third-order valence-corrected chi connectivity index (χ3v) is 3.21. The van der Waals surface area contributed by atoms with Crippen molar-refractivity contribution in [2.45, 2.75) is 59.7 Å². The maximum Gasteiger partial charge on any atom is 0.410 e. The Morgan fingerprint density at radius 2 is 2.09 bits per heavy atom. The molecule has 0 aliphatic rings. The molecule has 5 heteroatoms. The zero-order valence-electron chi connectivity index (χ0n) is 14.7. The topological polar surface area (TPSA) is 46.5 Å². The molecule has 5 nitrogen and oxygen atoms in total. The van der Waals surface area contributed by atoms with Crippen LogP contribution in [0, 0.1) is 0 Å². The van der Waals surface area contributed by atoms with Crippen LogP contribution in [-0.2, 0) is 17.8 Å². The first-order chi connectivity index (χ1) is 10.4. The summed E-state index contributed by atoms with van der Waals surface area (Å²) < 4.78 is 7.60. The predicted molar refractivity (Wildman–Crippen MR) is 89.9 cm³/mol. The van der Waals surface area contributed by atoms with Crippen LogP contribution in [0.4, 0.5) is 4.79 Å². The molecule has 0 saturated heterocycles. The van der Waals surface area contributed by atoms with E-state index in [1.165, 1.54) is 5.56 Å². The number of hydrogen-bond donors (Lipinski definition) is 1. The summed E-state index contributed by atoms with van der Waals surface area (Å²) >= 11 is 0. The van der Waals surface area contributed by atoms with Gasteiger partial charge < -0.3 is 19.5 Å². The Morgan fingerprint density at radius 1 is 1.36 bits per heavy atom. The van der Waals surface area contributed by atoms with E-state index in [0.29, 0.717) is 13.1 Å². The van der Waals surface area contributed by atoms with Gasteiger partial charge in [-0.15, -0.1) is 0 Å². The van der Waals surface area contributed by atoms with Crippen LogP contribution in [0.1, 0.15) is 46.6 Å². The Hall–Kier alpha value is -1.49. The van der Waals surface area contributed by atoms with E-state index in [0.717, 1.165) is 26.1 Å². The minimum Gasteiger partial charge on any atom is -0.444 e. The van der Waals surface area contributed by atoms with Crippen LogP contribution in [0.3, 0.4) is 0 Å². The Balaban J connectivity index is 2.30. The number of rotatable bonds is 8. The lowest BCUT2D eigenvalue weighted by molar-refractivity contribution is 0.0262. The molecule has 1 N–H and O–H groups in total. The quantitative estimate of drug-likeness (QED) is 0.750. The highest BCUT2D eigenvalue weighted by Crippen LogP contribution is 2.09. The molecule has 1 rings (SSSR count). The fourth-order valence-corrected chi connectivity index (χ4v) is 2.14. The highest BCUT2D eigenvalue weighted by atomic mass is 16.6. The molecule has 0 aliphatic carbocycles. The zero-order valence-corrected chi connectivity index (χ0v) is 14.7. The zero-order chi connectivity index (χ0) is 16.6. The van der Waals surface area contributed by atoms with Crippen molar-refractivity contribution >= 4 is 6.09 Å². The predicted octanol–water partition coefficient (Wildman–Crippen LogP) is 3.24. The van der Waals surface area contributed by atoms with Gasteiger partial charge >= 0.3 is 6.09 Å². The van der Waals surface area contributed by atoms with Crippen LogP contribution < -0.4 is 5.32 Å². The van der Waals surface area contributed by atoms with Crippen molar-refractivity contribution in [2.75, 3.05) is 19.6 Å². The van der Waals surface area contributed by atoms with Gasteiger partial charge in [-0.1, -0.05) is 6.92 Å². The van der Waals surface area contributed by atoms with Crippen molar-refractivity contribution in [1.29, 1.82) is 0 Å². The molecule has 0 bridgehead atoms. The Morgan fingerprint density at radius 3 is 2.68 bits per heavy atom. The van der Waals surface area contributed by atoms with Gasteiger partial charge in [-0.25, -0.2) is 4.79 Å². The number of hydrogen-bond acceptors (Lipinski definition) is 3. The highest BCUT2D eigenvalue weighted by molar-refractivity contribution is 5.68. The van der Waals surface area contributed by atoms with Crippen molar-refractivity contribution in [3.8, 4) is 0 Å². The van der Waals surface area contributed by atoms with Gasteiger partial charge in [0.1, 0.15) is 5.60 Å². The van der Waals surface area contributed by atoms with Crippen LogP contribution in [0.25, 0.3) is 0 Å². The number of carbonyl (C=O) groups is 1. The van der Waals surface area contributed by atoms with Crippen molar-refractivity contribution < 1.29 is 9.53 Å². The summed E-state index contributed by atoms with van der Waals surface area (Å²) in [5, 5.41) is 3.38. The second-order valence-corrected chi connectivity index (χ2v) is 6.49. The standard InChI is InChI=1S/C17H31N3O2/c1-6-10-19-11-8-15(14-19)13-18-9-12-20(7-2)16(21)22-17(3,4)5/h8,11,14,18H,6-7,9-10,12-13H2,1-5H3. The minimum atomic E-state index is -0.444. The van der Waals surface area contributed by atoms with Gasteiger partial charge in [-0.3, -0.25) is 0 Å². The Labute approximate surface area is 134 Å². The number of aryl methyl sites for hydroxylation is 1. The molecule has 0 aromatic carbocycles. The van der Waals surface area contributed by atoms with Gasteiger partial charge in [-0.2, -0.15) is 0 Å². The molecular formula is C17H31N3O2. The number of ether oxygens (including phenoxy) is 1. The van der Waals surface area contributed by atoms with Crippen molar-refractivity contribution in [1.82, 2.24) is 14.8 Å². The van der Waals surface area contributed by atoms with Crippen molar-refractivity contribution in [3.63, 3.8) is 0 Å². The minimum absolute atomic E-state index is 0.245. The molecule has 0 radical (unpaired) electrons. The molecule has 0 atom stereocenters. The summed E-state index contributed by atoms with van der Waals surface area (Å²) in [6, 6.07) is 2.13. The molecule has 1 aromatic heterocycles. The van der Waals surface area contributed by atoms with Crippen molar-refractivity contribution in [2.24, 2.45) is 0 Å². The third-order valence-electron chi connectivity index (χ3n) is 3.21. The van der Waals surface area contributed by atoms with Gasteiger partial charge in [0.05, 0.1) is 0 Å². The Bertz CT molecular complexity index is 449. The first-order valence-electron chi connectivity index (χ1n) is 8.19. The number of carbonyl (C=O) groups excluding carboxylic acids is 1. The molecule has 0 spiro atoms. The molecule has 0 saturated carbocycles. The summed E-state index contributed by atoms with van der Waals surface area (Å²) in [5.74, 6) is 0. The fraction of sp³-hybridized carbons (Fsp3) is 0.706. The largest absolute Gasteiger partial charge is 0.444 e. The van der Waals surface area contributed by atoms with Crippen LogP contribution in [-0.4, -0.2) is 40.8 Å². The molecule has 1 heterocycles. The number of nitrogens with one attached hydrogen (secondary N) is 1. The van der Waals surface area contributed by atoms with E-state index in [9.17, 15) is 4.79 Å². The third kappa shape index (κ3) is 6.98. The first kappa shape index (κ1) is 18.6. The summed E-state index contributed by atoms with van der Waals surface area (Å²) in [4.78, 5) is 13.7. The van der Waals surface area contributed by atoms with E-state index >= 15 is 0 Å². The maximum absolute atomic E-state index is 12.0. The van der Waals surface area contributed by atoms with E-state index in [-0.39, 0.29) is 6.09 Å². The maximum atomic E-state index is 12.0. The summed E-state index contributed by atoms with van der Waals surface area (Å²) in [5.41, 5.74) is 0.828. The second-order valence-electron chi connectivity index (χ2n) is 6.49. The number of aromatic nitrogens is 1. The molecule has 1 aromatic rings. The molecule has 0 aliphatic heterocycles. The molecule has 0 fully saturated rings. The average Bonchev–Trinajstić information content (AvgIpc) is 2.85. The monoisotopic (exact) mass is 309 g/mol. The van der Waals surface area contributed by atoms with E-state index in [1.54, 1.807) is 4.90 Å². The van der Waals surface area contributed by atoms with Gasteiger partial charge in [0.2, 0.25) is 0 Å². The van der Waals surface area contributed by atoms with Crippen LogP contribution in [0.15, 0.2) is 18.5 Å². The summed E-state index contributed by atoms with van der Waals surface area (Å²) in [6.07, 6.45) is 5.18. The van der Waals surface area contributed by atoms with E-state index in [1.807, 2.05) is 27.7 Å². The summed E-state index contributed by atoms with van der Waals surface area (Å²) in [6.45, 7) is 13.7. The fourth-order valence-electron chi connectivity index (χ4n) is 2.14. The van der Waals surface area contributed by atoms with E-state index in [4.69, 9.17) is 4.74 Å². The van der Waals surface area contributed by atoms with E-state index < -0.39 is 5.60 Å². The first-order valence-corrected chi connectivity index (χ1v) is 8.19. The lowest BCUT2D eigenvalue weighted by Crippen LogP contribution is -2.40. The molecule has 1 amide bonds. The average molecular weight is 309 g/mol. The number of nitrogens with zero attached hydrogens (tertiary/aromatic N) is 2. The summed E-state index contributed by atoms with van der Waals surface area (Å²) in [7, 11) is 0.